The van der Waals surface area contributed by atoms with E-state index in [1.54, 1.807) is 0 Å². The molecule has 1 aliphatic heterocycles. The summed E-state index contributed by atoms with van der Waals surface area (Å²) < 4.78 is 17.5. The molecule has 0 spiro atoms. The summed E-state index contributed by atoms with van der Waals surface area (Å²) in [6.07, 6.45) is 0.950. The zero-order valence-electron chi connectivity index (χ0n) is 13.0. The van der Waals surface area contributed by atoms with E-state index in [1.165, 1.54) is 0 Å². The molecule has 0 saturated carbocycles. The van der Waals surface area contributed by atoms with Crippen molar-refractivity contribution in [2.24, 2.45) is 5.92 Å². The van der Waals surface area contributed by atoms with Crippen LogP contribution in [-0.2, 0) is 25.6 Å². The second kappa shape index (κ2) is 7.16. The zero-order chi connectivity index (χ0) is 15.3. The number of aldehydes is 1. The van der Waals surface area contributed by atoms with Crippen LogP contribution in [0.1, 0.15) is 32.8 Å². The lowest BCUT2D eigenvalue weighted by Gasteiger charge is -2.22. The van der Waals surface area contributed by atoms with Gasteiger partial charge in [0.15, 0.2) is 5.79 Å². The topological polar surface area (TPSA) is 44.8 Å². The maximum atomic E-state index is 10.8. The molecule has 0 bridgehead atoms. The monoisotopic (exact) mass is 292 g/mol. The number of carbonyl (C=O) groups is 1. The summed E-state index contributed by atoms with van der Waals surface area (Å²) in [4.78, 5) is 10.8. The van der Waals surface area contributed by atoms with Gasteiger partial charge in [0, 0.05) is 12.3 Å². The Morgan fingerprint density at radius 1 is 1.29 bits per heavy atom. The van der Waals surface area contributed by atoms with Gasteiger partial charge in [0.05, 0.1) is 25.4 Å². The number of hydrogen-bond acceptors (Lipinski definition) is 4. The van der Waals surface area contributed by atoms with Crippen molar-refractivity contribution in [3.05, 3.63) is 35.9 Å². The molecule has 1 aliphatic rings. The van der Waals surface area contributed by atoms with E-state index in [1.807, 2.05) is 44.2 Å². The highest BCUT2D eigenvalue weighted by atomic mass is 16.8. The molecular formula is C17H24O4. The Morgan fingerprint density at radius 2 is 2.00 bits per heavy atom. The molecule has 1 heterocycles. The van der Waals surface area contributed by atoms with Gasteiger partial charge in [-0.25, -0.2) is 0 Å². The molecule has 0 radical (unpaired) electrons. The molecule has 3 atom stereocenters. The molecule has 0 aromatic heterocycles. The smallest absolute Gasteiger partial charge is 0.163 e. The van der Waals surface area contributed by atoms with E-state index in [0.29, 0.717) is 19.6 Å². The third-order valence-electron chi connectivity index (χ3n) is 3.60. The summed E-state index contributed by atoms with van der Waals surface area (Å²) in [5.41, 5.74) is 1.15. The molecule has 4 nitrogen and oxygen atoms in total. The molecule has 4 heteroatoms. The largest absolute Gasteiger partial charge is 0.376 e. The van der Waals surface area contributed by atoms with E-state index in [4.69, 9.17) is 14.2 Å². The lowest BCUT2D eigenvalue weighted by atomic mass is 9.99. The summed E-state index contributed by atoms with van der Waals surface area (Å²) in [7, 11) is 0. The highest BCUT2D eigenvalue weighted by Gasteiger charge is 2.43. The molecule has 21 heavy (non-hydrogen) atoms. The van der Waals surface area contributed by atoms with Gasteiger partial charge in [-0.1, -0.05) is 37.3 Å². The van der Waals surface area contributed by atoms with Crippen LogP contribution in [0.15, 0.2) is 30.3 Å². The minimum Gasteiger partial charge on any atom is -0.376 e. The molecule has 1 fully saturated rings. The van der Waals surface area contributed by atoms with Gasteiger partial charge < -0.3 is 19.0 Å². The SMILES string of the molecule is C[C@@H](COCc1ccccc1)[C@@H]1OC(C)(C)O[C@H]1CC=O. The minimum absolute atomic E-state index is 0.110. The maximum absolute atomic E-state index is 10.8. The van der Waals surface area contributed by atoms with Crippen molar-refractivity contribution in [1.29, 1.82) is 0 Å². The molecule has 0 N–H and O–H groups in total. The standard InChI is InChI=1S/C17H24O4/c1-13(11-19-12-14-7-5-4-6-8-14)16-15(9-10-18)20-17(2,3)21-16/h4-8,10,13,15-16H,9,11-12H2,1-3H3/t13-,15-,16-/m0/s1. The van der Waals surface area contributed by atoms with Crippen LogP contribution in [0.2, 0.25) is 0 Å². The van der Waals surface area contributed by atoms with Gasteiger partial charge in [0.25, 0.3) is 0 Å². The summed E-state index contributed by atoms with van der Waals surface area (Å²) in [5.74, 6) is -0.466. The fourth-order valence-corrected chi connectivity index (χ4v) is 2.65. The number of hydrogen-bond donors (Lipinski definition) is 0. The van der Waals surface area contributed by atoms with E-state index in [0.717, 1.165) is 11.8 Å². The van der Waals surface area contributed by atoms with Crippen molar-refractivity contribution in [2.75, 3.05) is 6.61 Å². The van der Waals surface area contributed by atoms with Crippen molar-refractivity contribution in [2.45, 2.75) is 51.8 Å². The lowest BCUT2D eigenvalue weighted by Crippen LogP contribution is -2.32. The third kappa shape index (κ3) is 4.63. The van der Waals surface area contributed by atoms with E-state index in [9.17, 15) is 4.79 Å². The first kappa shape index (κ1) is 16.1. The zero-order valence-corrected chi connectivity index (χ0v) is 13.0. The maximum Gasteiger partial charge on any atom is 0.163 e. The van der Waals surface area contributed by atoms with Crippen LogP contribution in [0.4, 0.5) is 0 Å². The van der Waals surface area contributed by atoms with E-state index in [-0.39, 0.29) is 18.1 Å². The number of ether oxygens (including phenoxy) is 3. The average Bonchev–Trinajstić information content (AvgIpc) is 2.75. The highest BCUT2D eigenvalue weighted by molar-refractivity contribution is 5.50. The molecule has 2 rings (SSSR count). The van der Waals surface area contributed by atoms with Crippen molar-refractivity contribution < 1.29 is 19.0 Å². The number of rotatable bonds is 7. The van der Waals surface area contributed by atoms with E-state index < -0.39 is 5.79 Å². The van der Waals surface area contributed by atoms with Crippen molar-refractivity contribution in [3.63, 3.8) is 0 Å². The fraction of sp³-hybridized carbons (Fsp3) is 0.588. The Hall–Kier alpha value is -1.23. The Bertz CT molecular complexity index is 443. The van der Waals surface area contributed by atoms with Gasteiger partial charge >= 0.3 is 0 Å². The molecule has 1 aromatic rings. The Kier molecular flexibility index (Phi) is 5.51. The van der Waals surface area contributed by atoms with Gasteiger partial charge in [0.2, 0.25) is 0 Å². The van der Waals surface area contributed by atoms with Gasteiger partial charge in [-0.3, -0.25) is 0 Å². The molecule has 1 aromatic carbocycles. The quantitative estimate of drug-likeness (QED) is 0.725. The molecular weight excluding hydrogens is 268 g/mol. The van der Waals surface area contributed by atoms with Crippen LogP contribution in [0, 0.1) is 5.92 Å². The van der Waals surface area contributed by atoms with Crippen LogP contribution in [0.3, 0.4) is 0 Å². The third-order valence-corrected chi connectivity index (χ3v) is 3.60. The second-order valence-electron chi connectivity index (χ2n) is 6.02. The Labute approximate surface area is 126 Å². The normalized spacial score (nSPS) is 25.7. The molecule has 0 unspecified atom stereocenters. The Morgan fingerprint density at radius 3 is 2.67 bits per heavy atom. The first-order valence-electron chi connectivity index (χ1n) is 7.43. The van der Waals surface area contributed by atoms with E-state index in [2.05, 4.69) is 6.92 Å². The highest BCUT2D eigenvalue weighted by Crippen LogP contribution is 2.33. The lowest BCUT2D eigenvalue weighted by molar-refractivity contribution is -0.152. The fourth-order valence-electron chi connectivity index (χ4n) is 2.65. The van der Waals surface area contributed by atoms with Crippen LogP contribution in [0.25, 0.3) is 0 Å². The molecule has 0 amide bonds. The van der Waals surface area contributed by atoms with Gasteiger partial charge in [-0.2, -0.15) is 0 Å². The predicted molar refractivity (Wildman–Crippen MR) is 79.8 cm³/mol. The van der Waals surface area contributed by atoms with E-state index >= 15 is 0 Å². The van der Waals surface area contributed by atoms with Crippen molar-refractivity contribution in [3.8, 4) is 0 Å². The summed E-state index contributed by atoms with van der Waals surface area (Å²) in [6, 6.07) is 10.1. The minimum atomic E-state index is -0.633. The first-order valence-corrected chi connectivity index (χ1v) is 7.43. The summed E-state index contributed by atoms with van der Waals surface area (Å²) in [6.45, 7) is 6.98. The van der Waals surface area contributed by atoms with Crippen molar-refractivity contribution in [1.82, 2.24) is 0 Å². The van der Waals surface area contributed by atoms with Gasteiger partial charge in [-0.05, 0) is 19.4 Å². The first-order chi connectivity index (χ1) is 10.0. The van der Waals surface area contributed by atoms with Crippen molar-refractivity contribution >= 4 is 6.29 Å². The van der Waals surface area contributed by atoms with Crippen LogP contribution in [0.5, 0.6) is 0 Å². The molecule has 0 aliphatic carbocycles. The Balaban J connectivity index is 1.84. The predicted octanol–water partition coefficient (Wildman–Crippen LogP) is 2.95. The molecule has 1 saturated heterocycles. The average molecular weight is 292 g/mol. The van der Waals surface area contributed by atoms with Crippen LogP contribution < -0.4 is 0 Å². The van der Waals surface area contributed by atoms with Crippen LogP contribution >= 0.6 is 0 Å². The summed E-state index contributed by atoms with van der Waals surface area (Å²) >= 11 is 0. The van der Waals surface area contributed by atoms with Gasteiger partial charge in [0.1, 0.15) is 6.29 Å². The summed E-state index contributed by atoms with van der Waals surface area (Å²) in [5, 5.41) is 0. The van der Waals surface area contributed by atoms with Crippen LogP contribution in [-0.4, -0.2) is 30.9 Å². The van der Waals surface area contributed by atoms with Gasteiger partial charge in [-0.15, -0.1) is 0 Å². The number of benzene rings is 1. The second-order valence-corrected chi connectivity index (χ2v) is 6.02. The molecule has 116 valence electrons. The number of carbonyl (C=O) groups excluding carboxylic acids is 1.